The van der Waals surface area contributed by atoms with Crippen LogP contribution in [-0.2, 0) is 14.3 Å². The largest absolute Gasteiger partial charge is 0.356 e. The van der Waals surface area contributed by atoms with Crippen LogP contribution in [-0.4, -0.2) is 31.5 Å². The molecule has 1 amide bonds. The fraction of sp³-hybridized carbons (Fsp3) is 0.562. The van der Waals surface area contributed by atoms with E-state index in [-0.39, 0.29) is 11.8 Å². The summed E-state index contributed by atoms with van der Waals surface area (Å²) in [5.74, 6) is 0.164. The third-order valence-corrected chi connectivity index (χ3v) is 4.13. The van der Waals surface area contributed by atoms with Crippen molar-refractivity contribution in [3.63, 3.8) is 0 Å². The molecular weight excluding hydrogens is 254 g/mol. The SMILES string of the molecule is CC1(CCNC(=O)C2CC2c2ccccc2)OCCO1. The van der Waals surface area contributed by atoms with Crippen LogP contribution >= 0.6 is 0 Å². The quantitative estimate of drug-likeness (QED) is 0.894. The average molecular weight is 275 g/mol. The lowest BCUT2D eigenvalue weighted by atomic mass is 10.1. The molecular formula is C16H21NO3. The van der Waals surface area contributed by atoms with Crippen LogP contribution in [0.15, 0.2) is 30.3 Å². The van der Waals surface area contributed by atoms with E-state index < -0.39 is 5.79 Å². The predicted octanol–water partition coefficient (Wildman–Crippen LogP) is 2.06. The molecule has 1 saturated heterocycles. The first-order valence-corrected chi connectivity index (χ1v) is 7.28. The third-order valence-electron chi connectivity index (χ3n) is 4.13. The zero-order valence-electron chi connectivity index (χ0n) is 11.8. The van der Waals surface area contributed by atoms with Crippen molar-refractivity contribution in [2.75, 3.05) is 19.8 Å². The summed E-state index contributed by atoms with van der Waals surface area (Å²) in [5, 5.41) is 3.00. The number of benzene rings is 1. The average Bonchev–Trinajstić information content (AvgIpc) is 3.16. The van der Waals surface area contributed by atoms with Crippen molar-refractivity contribution in [1.29, 1.82) is 0 Å². The molecule has 1 aliphatic carbocycles. The lowest BCUT2D eigenvalue weighted by molar-refractivity contribution is -0.146. The van der Waals surface area contributed by atoms with Gasteiger partial charge in [-0.15, -0.1) is 0 Å². The molecule has 0 bridgehead atoms. The van der Waals surface area contributed by atoms with Gasteiger partial charge in [-0.05, 0) is 24.8 Å². The van der Waals surface area contributed by atoms with Gasteiger partial charge < -0.3 is 14.8 Å². The monoisotopic (exact) mass is 275 g/mol. The van der Waals surface area contributed by atoms with Crippen molar-refractivity contribution >= 4 is 5.91 Å². The van der Waals surface area contributed by atoms with E-state index in [9.17, 15) is 4.79 Å². The topological polar surface area (TPSA) is 47.6 Å². The van der Waals surface area contributed by atoms with Gasteiger partial charge in [0.2, 0.25) is 5.91 Å². The van der Waals surface area contributed by atoms with E-state index >= 15 is 0 Å². The van der Waals surface area contributed by atoms with Crippen molar-refractivity contribution in [2.24, 2.45) is 5.92 Å². The van der Waals surface area contributed by atoms with Crippen LogP contribution in [0.5, 0.6) is 0 Å². The van der Waals surface area contributed by atoms with Crippen molar-refractivity contribution in [3.05, 3.63) is 35.9 Å². The van der Waals surface area contributed by atoms with E-state index in [1.54, 1.807) is 0 Å². The maximum Gasteiger partial charge on any atom is 0.223 e. The Morgan fingerprint density at radius 1 is 1.30 bits per heavy atom. The smallest absolute Gasteiger partial charge is 0.223 e. The van der Waals surface area contributed by atoms with Crippen LogP contribution in [0, 0.1) is 5.92 Å². The normalized spacial score (nSPS) is 27.2. The number of ether oxygens (including phenoxy) is 2. The molecule has 0 radical (unpaired) electrons. The Hall–Kier alpha value is -1.39. The standard InChI is InChI=1S/C16H21NO3/c1-16(19-9-10-20-16)7-8-17-15(18)14-11-13(14)12-5-3-2-4-6-12/h2-6,13-14H,7-11H2,1H3,(H,17,18). The van der Waals surface area contributed by atoms with Gasteiger partial charge in [0, 0.05) is 18.9 Å². The molecule has 1 aliphatic heterocycles. The first-order chi connectivity index (χ1) is 9.68. The molecule has 2 atom stereocenters. The first-order valence-electron chi connectivity index (χ1n) is 7.28. The van der Waals surface area contributed by atoms with E-state index in [1.165, 1.54) is 5.56 Å². The number of rotatable bonds is 5. The Morgan fingerprint density at radius 3 is 2.70 bits per heavy atom. The van der Waals surface area contributed by atoms with Gasteiger partial charge in [0.1, 0.15) is 0 Å². The minimum absolute atomic E-state index is 0.135. The minimum atomic E-state index is -0.518. The Morgan fingerprint density at radius 2 is 2.00 bits per heavy atom. The predicted molar refractivity (Wildman–Crippen MR) is 75.2 cm³/mol. The number of amides is 1. The second-order valence-corrected chi connectivity index (χ2v) is 5.73. The second-order valence-electron chi connectivity index (χ2n) is 5.73. The van der Waals surface area contributed by atoms with Gasteiger partial charge in [0.15, 0.2) is 5.79 Å². The third kappa shape index (κ3) is 3.02. The molecule has 2 unspecified atom stereocenters. The Labute approximate surface area is 119 Å². The maximum absolute atomic E-state index is 12.1. The highest BCUT2D eigenvalue weighted by atomic mass is 16.7. The van der Waals surface area contributed by atoms with Crippen molar-refractivity contribution in [1.82, 2.24) is 5.32 Å². The lowest BCUT2D eigenvalue weighted by Gasteiger charge is -2.22. The number of carbonyl (C=O) groups excluding carboxylic acids is 1. The number of nitrogens with one attached hydrogen (secondary N) is 1. The molecule has 4 nitrogen and oxygen atoms in total. The van der Waals surface area contributed by atoms with Gasteiger partial charge in [-0.2, -0.15) is 0 Å². The van der Waals surface area contributed by atoms with Gasteiger partial charge >= 0.3 is 0 Å². The van der Waals surface area contributed by atoms with Gasteiger partial charge in [-0.25, -0.2) is 0 Å². The number of hydrogen-bond acceptors (Lipinski definition) is 3. The van der Waals surface area contributed by atoms with Crippen LogP contribution in [0.3, 0.4) is 0 Å². The Balaban J connectivity index is 1.43. The first kappa shape index (κ1) is 13.6. The fourth-order valence-electron chi connectivity index (χ4n) is 2.80. The van der Waals surface area contributed by atoms with Gasteiger partial charge in [0.25, 0.3) is 0 Å². The van der Waals surface area contributed by atoms with E-state index in [1.807, 2.05) is 25.1 Å². The molecule has 2 aliphatic rings. The minimum Gasteiger partial charge on any atom is -0.356 e. The molecule has 1 saturated carbocycles. The van der Waals surface area contributed by atoms with Crippen LogP contribution in [0.4, 0.5) is 0 Å². The van der Waals surface area contributed by atoms with E-state index in [4.69, 9.17) is 9.47 Å². The van der Waals surface area contributed by atoms with E-state index in [0.717, 1.165) is 6.42 Å². The molecule has 1 N–H and O–H groups in total. The zero-order chi connectivity index (χ0) is 14.0. The molecule has 108 valence electrons. The Kier molecular flexibility index (Phi) is 3.76. The molecule has 0 spiro atoms. The molecule has 20 heavy (non-hydrogen) atoms. The summed E-state index contributed by atoms with van der Waals surface area (Å²) >= 11 is 0. The fourth-order valence-corrected chi connectivity index (χ4v) is 2.80. The second kappa shape index (κ2) is 5.54. The van der Waals surface area contributed by atoms with Gasteiger partial charge in [-0.3, -0.25) is 4.79 Å². The van der Waals surface area contributed by atoms with Gasteiger partial charge in [-0.1, -0.05) is 30.3 Å². The maximum atomic E-state index is 12.1. The summed E-state index contributed by atoms with van der Waals surface area (Å²) in [6.07, 6.45) is 1.65. The van der Waals surface area contributed by atoms with Crippen LogP contribution in [0.25, 0.3) is 0 Å². The summed E-state index contributed by atoms with van der Waals surface area (Å²) in [5.41, 5.74) is 1.27. The lowest BCUT2D eigenvalue weighted by Crippen LogP contribution is -2.34. The molecule has 3 rings (SSSR count). The van der Waals surface area contributed by atoms with Crippen molar-refractivity contribution in [3.8, 4) is 0 Å². The van der Waals surface area contributed by atoms with Crippen molar-refractivity contribution < 1.29 is 14.3 Å². The van der Waals surface area contributed by atoms with Gasteiger partial charge in [0.05, 0.1) is 13.2 Å². The van der Waals surface area contributed by atoms with E-state index in [2.05, 4.69) is 17.4 Å². The summed E-state index contributed by atoms with van der Waals surface area (Å²) in [6.45, 7) is 3.82. The summed E-state index contributed by atoms with van der Waals surface area (Å²) in [6, 6.07) is 10.2. The summed E-state index contributed by atoms with van der Waals surface area (Å²) in [4.78, 5) is 12.1. The van der Waals surface area contributed by atoms with Crippen LogP contribution < -0.4 is 5.32 Å². The zero-order valence-corrected chi connectivity index (χ0v) is 11.8. The summed E-state index contributed by atoms with van der Waals surface area (Å²) in [7, 11) is 0. The number of hydrogen-bond donors (Lipinski definition) is 1. The molecule has 1 aromatic rings. The van der Waals surface area contributed by atoms with Crippen molar-refractivity contribution in [2.45, 2.75) is 31.5 Å². The molecule has 1 aromatic carbocycles. The highest BCUT2D eigenvalue weighted by Gasteiger charge is 2.43. The molecule has 1 heterocycles. The molecule has 2 fully saturated rings. The van der Waals surface area contributed by atoms with Crippen LogP contribution in [0.2, 0.25) is 0 Å². The number of carbonyl (C=O) groups is 1. The molecule has 4 heteroatoms. The summed E-state index contributed by atoms with van der Waals surface area (Å²) < 4.78 is 11.0. The highest BCUT2D eigenvalue weighted by molar-refractivity contribution is 5.82. The van der Waals surface area contributed by atoms with Crippen LogP contribution in [0.1, 0.15) is 31.2 Å². The highest BCUT2D eigenvalue weighted by Crippen LogP contribution is 2.47. The van der Waals surface area contributed by atoms with E-state index in [0.29, 0.717) is 32.1 Å². The molecule has 0 aromatic heterocycles. The Bertz CT molecular complexity index is 468.